The van der Waals surface area contributed by atoms with Crippen LogP contribution in [0, 0.1) is 17.7 Å². The molecule has 1 aromatic carbocycles. The maximum atomic E-state index is 13.9. The number of benzene rings is 1. The first-order valence-corrected chi connectivity index (χ1v) is 5.88. The van der Waals surface area contributed by atoms with Crippen LogP contribution in [-0.4, -0.2) is 23.5 Å². The maximum absolute atomic E-state index is 13.9. The largest absolute Gasteiger partial charge is 0.384 e. The van der Waals surface area contributed by atoms with Gasteiger partial charge in [0.2, 0.25) is 11.8 Å². The first-order valence-electron chi connectivity index (χ1n) is 5.88. The summed E-state index contributed by atoms with van der Waals surface area (Å²) in [6.45, 7) is -0.313. The van der Waals surface area contributed by atoms with Crippen molar-refractivity contribution in [3.05, 3.63) is 29.6 Å². The Bertz CT molecular complexity index is 570. The summed E-state index contributed by atoms with van der Waals surface area (Å²) >= 11 is 0. The molecule has 5 heteroatoms. The van der Waals surface area contributed by atoms with Crippen molar-refractivity contribution in [2.24, 2.45) is 0 Å². The van der Waals surface area contributed by atoms with Gasteiger partial charge in [-0.1, -0.05) is 11.8 Å². The van der Waals surface area contributed by atoms with Gasteiger partial charge in [-0.15, -0.1) is 0 Å². The van der Waals surface area contributed by atoms with Gasteiger partial charge in [0.25, 0.3) is 0 Å². The zero-order valence-corrected chi connectivity index (χ0v) is 10.1. The lowest BCUT2D eigenvalue weighted by molar-refractivity contribution is -0.129. The van der Waals surface area contributed by atoms with Crippen LogP contribution in [0.1, 0.15) is 24.8 Å². The van der Waals surface area contributed by atoms with E-state index in [1.807, 2.05) is 0 Å². The monoisotopic (exact) mass is 261 g/mol. The van der Waals surface area contributed by atoms with Crippen molar-refractivity contribution in [3.8, 4) is 11.8 Å². The second-order valence-corrected chi connectivity index (χ2v) is 4.10. The Morgan fingerprint density at radius 1 is 1.26 bits per heavy atom. The van der Waals surface area contributed by atoms with E-state index in [1.165, 1.54) is 12.1 Å². The van der Waals surface area contributed by atoms with Gasteiger partial charge in [-0.05, 0) is 24.6 Å². The Balaban J connectivity index is 2.35. The Kier molecular flexibility index (Phi) is 3.93. The molecule has 0 unspecified atom stereocenters. The number of halogens is 1. The highest BCUT2D eigenvalue weighted by molar-refractivity contribution is 6.16. The van der Waals surface area contributed by atoms with Crippen LogP contribution in [-0.2, 0) is 9.59 Å². The first-order chi connectivity index (χ1) is 9.13. The number of piperidine rings is 1. The van der Waals surface area contributed by atoms with Crippen LogP contribution in [0.2, 0.25) is 0 Å². The minimum absolute atomic E-state index is 0.0377. The average molecular weight is 261 g/mol. The zero-order valence-electron chi connectivity index (χ0n) is 10.1. The third kappa shape index (κ3) is 2.80. The number of hydrogen-bond acceptors (Lipinski definition) is 3. The fourth-order valence-corrected chi connectivity index (χ4v) is 1.93. The average Bonchev–Trinajstić information content (AvgIpc) is 2.38. The number of imide groups is 1. The molecule has 0 spiro atoms. The number of hydrogen-bond donors (Lipinski definition) is 1. The first kappa shape index (κ1) is 13.2. The number of aliphatic hydroxyl groups is 1. The van der Waals surface area contributed by atoms with E-state index >= 15 is 0 Å². The van der Waals surface area contributed by atoms with E-state index in [0.717, 1.165) is 11.0 Å². The van der Waals surface area contributed by atoms with Crippen molar-refractivity contribution in [3.63, 3.8) is 0 Å². The van der Waals surface area contributed by atoms with Crippen LogP contribution in [0.5, 0.6) is 0 Å². The van der Waals surface area contributed by atoms with Gasteiger partial charge in [-0.3, -0.25) is 9.59 Å². The minimum atomic E-state index is -0.673. The van der Waals surface area contributed by atoms with Gasteiger partial charge in [0.05, 0.1) is 5.69 Å². The molecule has 98 valence electrons. The molecule has 1 heterocycles. The van der Waals surface area contributed by atoms with Crippen LogP contribution in [0.3, 0.4) is 0 Å². The van der Waals surface area contributed by atoms with E-state index in [-0.39, 0.29) is 37.0 Å². The van der Waals surface area contributed by atoms with Gasteiger partial charge < -0.3 is 5.11 Å². The quantitative estimate of drug-likeness (QED) is 0.610. The fourth-order valence-electron chi connectivity index (χ4n) is 1.93. The van der Waals surface area contributed by atoms with E-state index in [0.29, 0.717) is 12.0 Å². The molecule has 1 fully saturated rings. The predicted octanol–water partition coefficient (Wildman–Crippen LogP) is 1.21. The molecule has 0 radical (unpaired) electrons. The Hall–Kier alpha value is -2.19. The highest BCUT2D eigenvalue weighted by atomic mass is 19.1. The lowest BCUT2D eigenvalue weighted by Gasteiger charge is -2.25. The normalized spacial score (nSPS) is 15.2. The summed E-state index contributed by atoms with van der Waals surface area (Å²) < 4.78 is 13.9. The number of carbonyl (C=O) groups is 2. The molecule has 0 atom stereocenters. The maximum Gasteiger partial charge on any atom is 0.233 e. The topological polar surface area (TPSA) is 57.6 Å². The van der Waals surface area contributed by atoms with Crippen LogP contribution >= 0.6 is 0 Å². The van der Waals surface area contributed by atoms with Crippen molar-refractivity contribution in [2.45, 2.75) is 19.3 Å². The van der Waals surface area contributed by atoms with Crippen LogP contribution in [0.4, 0.5) is 10.1 Å². The molecule has 0 aromatic heterocycles. The summed E-state index contributed by atoms with van der Waals surface area (Å²) in [4.78, 5) is 24.3. The molecule has 1 aliphatic rings. The van der Waals surface area contributed by atoms with Crippen LogP contribution < -0.4 is 4.90 Å². The highest BCUT2D eigenvalue weighted by Gasteiger charge is 2.29. The van der Waals surface area contributed by atoms with Gasteiger partial charge in [0.1, 0.15) is 12.4 Å². The summed E-state index contributed by atoms with van der Waals surface area (Å²) in [5, 5.41) is 8.56. The van der Waals surface area contributed by atoms with Crippen molar-refractivity contribution >= 4 is 17.5 Å². The lowest BCUT2D eigenvalue weighted by Crippen LogP contribution is -2.40. The van der Waals surface area contributed by atoms with E-state index < -0.39 is 5.82 Å². The molecule has 2 rings (SSSR count). The van der Waals surface area contributed by atoms with Gasteiger partial charge in [-0.25, -0.2) is 9.29 Å². The Morgan fingerprint density at radius 2 is 1.95 bits per heavy atom. The summed E-state index contributed by atoms with van der Waals surface area (Å²) in [5.74, 6) is 3.52. The van der Waals surface area contributed by atoms with E-state index in [9.17, 15) is 14.0 Å². The number of rotatable bonds is 1. The standard InChI is InChI=1S/C14H12FNO3/c15-11-9-10(3-2-8-17)6-7-12(11)16-13(18)4-1-5-14(16)19/h6-7,9,17H,1,4-5,8H2. The summed E-state index contributed by atoms with van der Waals surface area (Å²) in [7, 11) is 0. The van der Waals surface area contributed by atoms with E-state index in [4.69, 9.17) is 5.11 Å². The third-order valence-corrected chi connectivity index (χ3v) is 2.78. The van der Waals surface area contributed by atoms with Gasteiger partial charge in [-0.2, -0.15) is 0 Å². The Morgan fingerprint density at radius 3 is 2.53 bits per heavy atom. The smallest absolute Gasteiger partial charge is 0.233 e. The summed E-state index contributed by atoms with van der Waals surface area (Å²) in [6.07, 6.45) is 1.00. The Labute approximate surface area is 109 Å². The van der Waals surface area contributed by atoms with Crippen molar-refractivity contribution in [1.29, 1.82) is 0 Å². The molecule has 1 aromatic rings. The molecule has 0 saturated carbocycles. The second-order valence-electron chi connectivity index (χ2n) is 4.10. The molecular weight excluding hydrogens is 249 g/mol. The molecule has 0 bridgehead atoms. The number of carbonyl (C=O) groups excluding carboxylic acids is 2. The molecule has 2 amide bonds. The van der Waals surface area contributed by atoms with Crippen molar-refractivity contribution in [1.82, 2.24) is 0 Å². The predicted molar refractivity (Wildman–Crippen MR) is 66.7 cm³/mol. The second kappa shape index (κ2) is 5.63. The number of amides is 2. The molecule has 0 aliphatic carbocycles. The highest BCUT2D eigenvalue weighted by Crippen LogP contribution is 2.25. The molecule has 1 N–H and O–H groups in total. The van der Waals surface area contributed by atoms with Crippen molar-refractivity contribution in [2.75, 3.05) is 11.5 Å². The van der Waals surface area contributed by atoms with Crippen LogP contribution in [0.25, 0.3) is 0 Å². The van der Waals surface area contributed by atoms with Gasteiger partial charge in [0.15, 0.2) is 0 Å². The molecule has 4 nitrogen and oxygen atoms in total. The zero-order chi connectivity index (χ0) is 13.8. The van der Waals surface area contributed by atoms with Gasteiger partial charge in [0, 0.05) is 18.4 Å². The lowest BCUT2D eigenvalue weighted by atomic mass is 10.1. The summed E-state index contributed by atoms with van der Waals surface area (Å²) in [5.41, 5.74) is 0.344. The molecule has 19 heavy (non-hydrogen) atoms. The minimum Gasteiger partial charge on any atom is -0.384 e. The fraction of sp³-hybridized carbons (Fsp3) is 0.286. The van der Waals surface area contributed by atoms with Crippen molar-refractivity contribution < 1.29 is 19.1 Å². The SMILES string of the molecule is O=C1CCCC(=O)N1c1ccc(C#CCO)cc1F. The molecular formula is C14H12FNO3. The number of anilines is 1. The number of nitrogens with zero attached hydrogens (tertiary/aromatic N) is 1. The molecule has 1 aliphatic heterocycles. The van der Waals surface area contributed by atoms with E-state index in [2.05, 4.69) is 11.8 Å². The summed E-state index contributed by atoms with van der Waals surface area (Å²) in [6, 6.07) is 4.02. The third-order valence-electron chi connectivity index (χ3n) is 2.78. The van der Waals surface area contributed by atoms with Crippen LogP contribution in [0.15, 0.2) is 18.2 Å². The van der Waals surface area contributed by atoms with E-state index in [1.54, 1.807) is 0 Å². The number of aliphatic hydroxyl groups excluding tert-OH is 1. The molecule has 1 saturated heterocycles. The van der Waals surface area contributed by atoms with Gasteiger partial charge >= 0.3 is 0 Å².